The first-order valence-corrected chi connectivity index (χ1v) is 8.02. The quantitative estimate of drug-likeness (QED) is 0.885. The van der Waals surface area contributed by atoms with Gasteiger partial charge in [-0.1, -0.05) is 31.2 Å². The zero-order valence-electron chi connectivity index (χ0n) is 12.4. The van der Waals surface area contributed by atoms with E-state index in [2.05, 4.69) is 41.8 Å². The summed E-state index contributed by atoms with van der Waals surface area (Å²) < 4.78 is 5.80. The van der Waals surface area contributed by atoms with Gasteiger partial charge < -0.3 is 15.4 Å². The maximum Gasteiger partial charge on any atom is 0.0613 e. The Morgan fingerprint density at radius 1 is 1.30 bits per heavy atom. The van der Waals surface area contributed by atoms with Gasteiger partial charge in [-0.25, -0.2) is 0 Å². The van der Waals surface area contributed by atoms with Crippen molar-refractivity contribution in [1.29, 1.82) is 0 Å². The van der Waals surface area contributed by atoms with Crippen LogP contribution in [0.1, 0.15) is 43.4 Å². The molecule has 0 aliphatic carbocycles. The molecule has 3 unspecified atom stereocenters. The fraction of sp³-hybridized carbons (Fsp3) is 0.647. The smallest absolute Gasteiger partial charge is 0.0613 e. The van der Waals surface area contributed by atoms with Crippen molar-refractivity contribution in [2.45, 2.75) is 44.9 Å². The van der Waals surface area contributed by atoms with Crippen LogP contribution in [0.5, 0.6) is 0 Å². The van der Waals surface area contributed by atoms with Crippen LogP contribution in [0.2, 0.25) is 0 Å². The predicted octanol–water partition coefficient (Wildman–Crippen LogP) is 2.63. The zero-order chi connectivity index (χ0) is 13.8. The SMILES string of the molecule is CCC1OCCC1CNC1CCNCc2ccccc21. The van der Waals surface area contributed by atoms with Gasteiger partial charge in [-0.2, -0.15) is 0 Å². The highest BCUT2D eigenvalue weighted by molar-refractivity contribution is 5.31. The van der Waals surface area contributed by atoms with E-state index in [1.54, 1.807) is 0 Å². The minimum absolute atomic E-state index is 0.460. The number of ether oxygens (including phenoxy) is 1. The van der Waals surface area contributed by atoms with Crippen molar-refractivity contribution in [2.24, 2.45) is 5.92 Å². The molecule has 2 N–H and O–H groups in total. The van der Waals surface area contributed by atoms with E-state index in [0.717, 1.165) is 32.7 Å². The third-order valence-corrected chi connectivity index (χ3v) is 4.73. The molecule has 2 heterocycles. The Balaban J connectivity index is 1.65. The van der Waals surface area contributed by atoms with Crippen molar-refractivity contribution >= 4 is 0 Å². The molecule has 2 aliphatic rings. The van der Waals surface area contributed by atoms with Crippen LogP contribution in [-0.4, -0.2) is 25.8 Å². The summed E-state index contributed by atoms with van der Waals surface area (Å²) in [5.74, 6) is 0.684. The van der Waals surface area contributed by atoms with Gasteiger partial charge in [-0.05, 0) is 42.9 Å². The van der Waals surface area contributed by atoms with E-state index in [0.29, 0.717) is 18.1 Å². The summed E-state index contributed by atoms with van der Waals surface area (Å²) in [6.45, 7) is 6.34. The summed E-state index contributed by atoms with van der Waals surface area (Å²) in [4.78, 5) is 0. The van der Waals surface area contributed by atoms with Gasteiger partial charge in [0.1, 0.15) is 0 Å². The van der Waals surface area contributed by atoms with E-state index in [4.69, 9.17) is 4.74 Å². The van der Waals surface area contributed by atoms with E-state index in [1.807, 2.05) is 0 Å². The molecule has 0 spiro atoms. The van der Waals surface area contributed by atoms with Crippen LogP contribution < -0.4 is 10.6 Å². The van der Waals surface area contributed by atoms with Gasteiger partial charge in [-0.3, -0.25) is 0 Å². The number of nitrogens with one attached hydrogen (secondary N) is 2. The van der Waals surface area contributed by atoms with Crippen LogP contribution in [0, 0.1) is 5.92 Å². The molecule has 3 nitrogen and oxygen atoms in total. The fourth-order valence-corrected chi connectivity index (χ4v) is 3.54. The van der Waals surface area contributed by atoms with E-state index in [-0.39, 0.29) is 0 Å². The van der Waals surface area contributed by atoms with Crippen molar-refractivity contribution in [3.8, 4) is 0 Å². The van der Waals surface area contributed by atoms with Crippen molar-refractivity contribution in [3.05, 3.63) is 35.4 Å². The molecular weight excluding hydrogens is 248 g/mol. The van der Waals surface area contributed by atoms with Gasteiger partial charge in [0.15, 0.2) is 0 Å². The first-order valence-electron chi connectivity index (χ1n) is 8.02. The molecule has 0 radical (unpaired) electrons. The molecule has 0 aromatic heterocycles. The zero-order valence-corrected chi connectivity index (χ0v) is 12.4. The summed E-state index contributed by atoms with van der Waals surface area (Å²) >= 11 is 0. The summed E-state index contributed by atoms with van der Waals surface area (Å²) in [7, 11) is 0. The molecule has 0 bridgehead atoms. The third-order valence-electron chi connectivity index (χ3n) is 4.73. The number of fused-ring (bicyclic) bond motifs is 1. The number of benzene rings is 1. The molecule has 2 aliphatic heterocycles. The molecule has 0 amide bonds. The highest BCUT2D eigenvalue weighted by Gasteiger charge is 2.27. The van der Waals surface area contributed by atoms with Crippen molar-refractivity contribution in [3.63, 3.8) is 0 Å². The molecule has 1 aromatic carbocycles. The molecule has 110 valence electrons. The molecule has 0 saturated carbocycles. The Bertz CT molecular complexity index is 435. The van der Waals surface area contributed by atoms with Gasteiger partial charge in [0, 0.05) is 25.7 Å². The third kappa shape index (κ3) is 3.05. The van der Waals surface area contributed by atoms with Crippen LogP contribution in [0.15, 0.2) is 24.3 Å². The summed E-state index contributed by atoms with van der Waals surface area (Å²) in [6.07, 6.45) is 3.97. The first-order chi connectivity index (χ1) is 9.88. The Morgan fingerprint density at radius 3 is 3.10 bits per heavy atom. The molecule has 1 saturated heterocycles. The second kappa shape index (κ2) is 6.70. The van der Waals surface area contributed by atoms with Gasteiger partial charge >= 0.3 is 0 Å². The van der Waals surface area contributed by atoms with E-state index >= 15 is 0 Å². The Morgan fingerprint density at radius 2 is 2.20 bits per heavy atom. The van der Waals surface area contributed by atoms with Crippen LogP contribution in [-0.2, 0) is 11.3 Å². The van der Waals surface area contributed by atoms with E-state index < -0.39 is 0 Å². The summed E-state index contributed by atoms with van der Waals surface area (Å²) in [5, 5.41) is 7.32. The number of hydrogen-bond acceptors (Lipinski definition) is 3. The molecular formula is C17H26N2O. The highest BCUT2D eigenvalue weighted by Crippen LogP contribution is 2.26. The van der Waals surface area contributed by atoms with Gasteiger partial charge in [0.25, 0.3) is 0 Å². The van der Waals surface area contributed by atoms with Crippen LogP contribution >= 0.6 is 0 Å². The maximum atomic E-state index is 5.80. The van der Waals surface area contributed by atoms with Crippen LogP contribution in [0.25, 0.3) is 0 Å². The van der Waals surface area contributed by atoms with Crippen molar-refractivity contribution in [1.82, 2.24) is 10.6 Å². The van der Waals surface area contributed by atoms with Crippen LogP contribution in [0.4, 0.5) is 0 Å². The Hall–Kier alpha value is -0.900. The highest BCUT2D eigenvalue weighted by atomic mass is 16.5. The summed E-state index contributed by atoms with van der Waals surface area (Å²) in [6, 6.07) is 9.31. The van der Waals surface area contributed by atoms with Gasteiger partial charge in [0.2, 0.25) is 0 Å². The second-order valence-corrected chi connectivity index (χ2v) is 5.99. The lowest BCUT2D eigenvalue weighted by molar-refractivity contribution is 0.0865. The van der Waals surface area contributed by atoms with Gasteiger partial charge in [0.05, 0.1) is 6.10 Å². The normalized spacial score (nSPS) is 29.9. The molecule has 20 heavy (non-hydrogen) atoms. The molecule has 3 heteroatoms. The van der Waals surface area contributed by atoms with Crippen molar-refractivity contribution < 1.29 is 4.74 Å². The number of rotatable bonds is 4. The standard InChI is InChI=1S/C17H26N2O/c1-2-17-14(8-10-20-17)12-19-16-7-9-18-11-13-5-3-4-6-15(13)16/h3-6,14,16-19H,2,7-12H2,1H3. The lowest BCUT2D eigenvalue weighted by Gasteiger charge is -2.23. The van der Waals surface area contributed by atoms with E-state index in [1.165, 1.54) is 24.0 Å². The average molecular weight is 274 g/mol. The largest absolute Gasteiger partial charge is 0.378 e. The predicted molar refractivity (Wildman–Crippen MR) is 81.6 cm³/mol. The van der Waals surface area contributed by atoms with Crippen molar-refractivity contribution in [2.75, 3.05) is 19.7 Å². The molecule has 3 atom stereocenters. The Kier molecular flexibility index (Phi) is 4.71. The second-order valence-electron chi connectivity index (χ2n) is 5.99. The molecule has 1 fully saturated rings. The maximum absolute atomic E-state index is 5.80. The monoisotopic (exact) mass is 274 g/mol. The first kappa shape index (κ1) is 14.1. The van der Waals surface area contributed by atoms with E-state index in [9.17, 15) is 0 Å². The topological polar surface area (TPSA) is 33.3 Å². The number of hydrogen-bond donors (Lipinski definition) is 2. The summed E-state index contributed by atoms with van der Waals surface area (Å²) in [5.41, 5.74) is 2.92. The lowest BCUT2D eigenvalue weighted by atomic mass is 9.96. The fourth-order valence-electron chi connectivity index (χ4n) is 3.54. The lowest BCUT2D eigenvalue weighted by Crippen LogP contribution is -2.32. The van der Waals surface area contributed by atoms with Crippen LogP contribution in [0.3, 0.4) is 0 Å². The molecule has 3 rings (SSSR count). The average Bonchev–Trinajstić information content (AvgIpc) is 2.85. The molecule has 1 aromatic rings. The van der Waals surface area contributed by atoms with Gasteiger partial charge in [-0.15, -0.1) is 0 Å². The minimum atomic E-state index is 0.460. The minimum Gasteiger partial charge on any atom is -0.378 e. The Labute approximate surface area is 122 Å².